The average molecular weight is 404 g/mol. The number of carbonyl (C=O) groups excluding carboxylic acids is 1. The zero-order valence-electron chi connectivity index (χ0n) is 18.4. The Hall–Kier alpha value is -1.13. The van der Waals surface area contributed by atoms with Crippen molar-refractivity contribution in [2.75, 3.05) is 14.1 Å². The van der Waals surface area contributed by atoms with E-state index in [1.165, 1.54) is 37.7 Å². The Kier molecular flexibility index (Phi) is 8.37. The first-order valence-electron chi connectivity index (χ1n) is 11.9. The number of unbranched alkanes of at least 4 members (excludes halogenated alkanes) is 1. The third-order valence-electron chi connectivity index (χ3n) is 7.44. The van der Waals surface area contributed by atoms with Crippen molar-refractivity contribution < 1.29 is 15.0 Å². The number of hydrogen-bond acceptors (Lipinski definition) is 3. The number of aliphatic hydroxyl groups is 2. The zero-order chi connectivity index (χ0) is 20.8. The second-order valence-electron chi connectivity index (χ2n) is 9.92. The quantitative estimate of drug-likeness (QED) is 0.441. The summed E-state index contributed by atoms with van der Waals surface area (Å²) in [6.07, 6.45) is 18.8. The second kappa shape index (κ2) is 10.8. The minimum absolute atomic E-state index is 0.171. The summed E-state index contributed by atoms with van der Waals surface area (Å²) in [7, 11) is 3.63. The lowest BCUT2D eigenvalue weighted by atomic mass is 9.84. The van der Waals surface area contributed by atoms with Crippen molar-refractivity contribution >= 4 is 5.91 Å². The summed E-state index contributed by atoms with van der Waals surface area (Å²) >= 11 is 0. The molecule has 2 saturated carbocycles. The summed E-state index contributed by atoms with van der Waals surface area (Å²) in [5.41, 5.74) is 1.50. The smallest absolute Gasteiger partial charge is 0.222 e. The highest BCUT2D eigenvalue weighted by Crippen LogP contribution is 2.48. The predicted molar refractivity (Wildman–Crippen MR) is 117 cm³/mol. The van der Waals surface area contributed by atoms with Gasteiger partial charge in [0.1, 0.15) is 0 Å². The zero-order valence-corrected chi connectivity index (χ0v) is 18.4. The number of fused-ring (bicyclic) bond motifs is 1. The molecule has 3 rings (SSSR count). The van der Waals surface area contributed by atoms with Gasteiger partial charge < -0.3 is 15.1 Å². The van der Waals surface area contributed by atoms with Gasteiger partial charge in [0.05, 0.1) is 12.2 Å². The van der Waals surface area contributed by atoms with E-state index in [-0.39, 0.29) is 24.0 Å². The fourth-order valence-corrected chi connectivity index (χ4v) is 5.74. The summed E-state index contributed by atoms with van der Waals surface area (Å²) in [6, 6.07) is 0. The maximum absolute atomic E-state index is 11.7. The van der Waals surface area contributed by atoms with E-state index in [2.05, 4.69) is 12.2 Å². The molecule has 0 unspecified atom stereocenters. The van der Waals surface area contributed by atoms with Gasteiger partial charge in [-0.2, -0.15) is 0 Å². The van der Waals surface area contributed by atoms with Crippen molar-refractivity contribution in [1.82, 2.24) is 4.90 Å². The topological polar surface area (TPSA) is 60.8 Å². The molecule has 3 aliphatic rings. The van der Waals surface area contributed by atoms with Crippen LogP contribution in [-0.2, 0) is 4.79 Å². The van der Waals surface area contributed by atoms with Crippen molar-refractivity contribution in [2.24, 2.45) is 23.7 Å². The van der Waals surface area contributed by atoms with Gasteiger partial charge >= 0.3 is 0 Å². The molecule has 0 aliphatic heterocycles. The van der Waals surface area contributed by atoms with Crippen LogP contribution in [0.15, 0.2) is 23.8 Å². The summed E-state index contributed by atoms with van der Waals surface area (Å²) in [4.78, 5) is 13.4. The molecule has 0 radical (unpaired) electrons. The molecule has 0 aromatic heterocycles. The van der Waals surface area contributed by atoms with Crippen LogP contribution in [0.25, 0.3) is 0 Å². The van der Waals surface area contributed by atoms with Crippen LogP contribution in [0, 0.1) is 23.7 Å². The minimum atomic E-state index is -0.368. The van der Waals surface area contributed by atoms with Crippen molar-refractivity contribution in [2.45, 2.75) is 89.3 Å². The lowest BCUT2D eigenvalue weighted by Gasteiger charge is -2.23. The first-order valence-corrected chi connectivity index (χ1v) is 11.9. The van der Waals surface area contributed by atoms with Gasteiger partial charge in [-0.1, -0.05) is 55.9 Å². The number of hydrogen-bond donors (Lipinski definition) is 2. The van der Waals surface area contributed by atoms with E-state index < -0.39 is 0 Å². The lowest BCUT2D eigenvalue weighted by molar-refractivity contribution is -0.128. The number of rotatable bonds is 9. The molecule has 5 atom stereocenters. The van der Waals surface area contributed by atoms with Crippen molar-refractivity contribution in [3.63, 3.8) is 0 Å². The van der Waals surface area contributed by atoms with E-state index in [0.717, 1.165) is 38.5 Å². The molecule has 164 valence electrons. The highest BCUT2D eigenvalue weighted by molar-refractivity contribution is 5.75. The molecule has 29 heavy (non-hydrogen) atoms. The first kappa shape index (κ1) is 22.6. The Morgan fingerprint density at radius 3 is 2.72 bits per heavy atom. The normalized spacial score (nSPS) is 31.1. The molecule has 0 bridgehead atoms. The molecule has 4 nitrogen and oxygen atoms in total. The Morgan fingerprint density at radius 2 is 2.00 bits per heavy atom. The van der Waals surface area contributed by atoms with Gasteiger partial charge in [-0.15, -0.1) is 0 Å². The SMILES string of the molecule is CN(C)C(=O)CCCCC1=C[C@H]2C[C@@H](O)[C@H](/C=C/[C@H](O)CC3CCCCC3)[C@H]2C1. The Bertz CT molecular complexity index is 591. The molecule has 0 aromatic carbocycles. The standard InChI is InChI=1S/C25H41NO3/c1-26(2)25(29)11-7-6-10-19-14-20-17-24(28)22(23(20)16-19)13-12-21(27)15-18-8-4-3-5-9-18/h12-14,18,20-24,27-28H,3-11,15-17H2,1-2H3/b13-12+/t20-,21-,22+,23-,24+/m0/s1. The van der Waals surface area contributed by atoms with Crippen LogP contribution in [0.4, 0.5) is 0 Å². The monoisotopic (exact) mass is 403 g/mol. The van der Waals surface area contributed by atoms with Gasteiger partial charge in [-0.25, -0.2) is 0 Å². The third kappa shape index (κ3) is 6.42. The van der Waals surface area contributed by atoms with E-state index in [0.29, 0.717) is 24.2 Å². The molecule has 3 aliphatic carbocycles. The molecular weight excluding hydrogens is 362 g/mol. The highest BCUT2D eigenvalue weighted by atomic mass is 16.3. The molecule has 4 heteroatoms. The van der Waals surface area contributed by atoms with Crippen LogP contribution in [0.3, 0.4) is 0 Å². The van der Waals surface area contributed by atoms with Gasteiger partial charge in [0.2, 0.25) is 5.91 Å². The van der Waals surface area contributed by atoms with E-state index in [4.69, 9.17) is 0 Å². The maximum Gasteiger partial charge on any atom is 0.222 e. The van der Waals surface area contributed by atoms with Crippen molar-refractivity contribution in [3.05, 3.63) is 23.8 Å². The van der Waals surface area contributed by atoms with E-state index in [9.17, 15) is 15.0 Å². The predicted octanol–water partition coefficient (Wildman–Crippen LogP) is 4.47. The number of carbonyl (C=O) groups is 1. The van der Waals surface area contributed by atoms with Gasteiger partial charge in [0.15, 0.2) is 0 Å². The molecule has 0 saturated heterocycles. The van der Waals surface area contributed by atoms with Crippen LogP contribution in [0.5, 0.6) is 0 Å². The fourth-order valence-electron chi connectivity index (χ4n) is 5.74. The minimum Gasteiger partial charge on any atom is -0.392 e. The van der Waals surface area contributed by atoms with Gasteiger partial charge in [0.25, 0.3) is 0 Å². The average Bonchev–Trinajstić information content (AvgIpc) is 3.20. The lowest BCUT2D eigenvalue weighted by Crippen LogP contribution is -2.21. The Balaban J connectivity index is 1.42. The molecule has 1 amide bonds. The van der Waals surface area contributed by atoms with Crippen LogP contribution in [0.1, 0.15) is 77.0 Å². The van der Waals surface area contributed by atoms with E-state index in [1.807, 2.05) is 20.2 Å². The van der Waals surface area contributed by atoms with Gasteiger partial charge in [0, 0.05) is 26.4 Å². The third-order valence-corrected chi connectivity index (χ3v) is 7.44. The summed E-state index contributed by atoms with van der Waals surface area (Å²) in [6.45, 7) is 0. The number of allylic oxidation sites excluding steroid dienone is 2. The second-order valence-corrected chi connectivity index (χ2v) is 9.92. The first-order chi connectivity index (χ1) is 13.9. The van der Waals surface area contributed by atoms with Crippen LogP contribution in [-0.4, -0.2) is 47.3 Å². The number of nitrogens with zero attached hydrogens (tertiary/aromatic N) is 1. The molecule has 2 fully saturated rings. The van der Waals surface area contributed by atoms with Crippen molar-refractivity contribution in [1.29, 1.82) is 0 Å². The summed E-state index contributed by atoms with van der Waals surface area (Å²) < 4.78 is 0. The Morgan fingerprint density at radius 1 is 1.24 bits per heavy atom. The fraction of sp³-hybridized carbons (Fsp3) is 0.800. The van der Waals surface area contributed by atoms with Gasteiger partial charge in [-0.05, 0) is 56.3 Å². The van der Waals surface area contributed by atoms with Gasteiger partial charge in [-0.3, -0.25) is 4.79 Å². The van der Waals surface area contributed by atoms with Crippen LogP contribution >= 0.6 is 0 Å². The molecule has 2 N–H and O–H groups in total. The molecule has 0 aromatic rings. The summed E-state index contributed by atoms with van der Waals surface area (Å²) in [5.74, 6) is 2.02. The van der Waals surface area contributed by atoms with Crippen LogP contribution < -0.4 is 0 Å². The maximum atomic E-state index is 11.7. The highest BCUT2D eigenvalue weighted by Gasteiger charge is 2.43. The van der Waals surface area contributed by atoms with E-state index in [1.54, 1.807) is 4.90 Å². The largest absolute Gasteiger partial charge is 0.392 e. The molecule has 0 spiro atoms. The Labute approximate surface area is 177 Å². The summed E-state index contributed by atoms with van der Waals surface area (Å²) in [5, 5.41) is 21.0. The van der Waals surface area contributed by atoms with Crippen molar-refractivity contribution in [3.8, 4) is 0 Å². The number of aliphatic hydroxyl groups excluding tert-OH is 2. The number of amides is 1. The van der Waals surface area contributed by atoms with Crippen LogP contribution in [0.2, 0.25) is 0 Å². The molecule has 0 heterocycles. The van der Waals surface area contributed by atoms with E-state index >= 15 is 0 Å². The molecular formula is C25H41NO3.